The van der Waals surface area contributed by atoms with E-state index in [9.17, 15) is 4.39 Å². The summed E-state index contributed by atoms with van der Waals surface area (Å²) in [5, 5.41) is 3.57. The van der Waals surface area contributed by atoms with Crippen molar-refractivity contribution in [2.45, 2.75) is 31.7 Å². The van der Waals surface area contributed by atoms with E-state index >= 15 is 0 Å². The maximum absolute atomic E-state index is 13.0. The Bertz CT molecular complexity index is 576. The Kier molecular flexibility index (Phi) is 5.47. The van der Waals surface area contributed by atoms with Gasteiger partial charge in [-0.15, -0.1) is 0 Å². The highest BCUT2D eigenvalue weighted by Gasteiger charge is 2.25. The lowest BCUT2D eigenvalue weighted by molar-refractivity contribution is 0.209. The standard InChI is InChI=1S/C19H25FN2O/c1-15(16-6-8-17(20)9-7-16)13-21-14-18(19-5-4-12-23-19)22-10-2-3-11-22/h4-9,12,15,18,21H,2-3,10-11,13-14H2,1H3/t15-,18+/m1/s1. The molecular formula is C19H25FN2O. The zero-order valence-corrected chi connectivity index (χ0v) is 13.7. The lowest BCUT2D eigenvalue weighted by Crippen LogP contribution is -2.35. The summed E-state index contributed by atoms with van der Waals surface area (Å²) in [5.41, 5.74) is 1.16. The van der Waals surface area contributed by atoms with Crippen molar-refractivity contribution >= 4 is 0 Å². The highest BCUT2D eigenvalue weighted by Crippen LogP contribution is 2.25. The molecule has 1 aromatic carbocycles. The van der Waals surface area contributed by atoms with E-state index in [-0.39, 0.29) is 5.82 Å². The number of likely N-dealkylation sites (tertiary alicyclic amines) is 1. The summed E-state index contributed by atoms with van der Waals surface area (Å²) in [7, 11) is 0. The van der Waals surface area contributed by atoms with Crippen LogP contribution in [0.25, 0.3) is 0 Å². The highest BCUT2D eigenvalue weighted by atomic mass is 19.1. The summed E-state index contributed by atoms with van der Waals surface area (Å²) in [6.07, 6.45) is 4.28. The number of rotatable bonds is 7. The van der Waals surface area contributed by atoms with Crippen LogP contribution in [0.2, 0.25) is 0 Å². The van der Waals surface area contributed by atoms with Gasteiger partial charge >= 0.3 is 0 Å². The molecule has 1 aromatic heterocycles. The fourth-order valence-corrected chi connectivity index (χ4v) is 3.29. The van der Waals surface area contributed by atoms with Gasteiger partial charge in [0.2, 0.25) is 0 Å². The van der Waals surface area contributed by atoms with Gasteiger partial charge in [0.1, 0.15) is 11.6 Å². The molecule has 0 aliphatic carbocycles. The molecule has 23 heavy (non-hydrogen) atoms. The Hall–Kier alpha value is -1.65. The van der Waals surface area contributed by atoms with Crippen LogP contribution in [0.4, 0.5) is 4.39 Å². The van der Waals surface area contributed by atoms with E-state index in [1.807, 2.05) is 18.2 Å². The topological polar surface area (TPSA) is 28.4 Å². The van der Waals surface area contributed by atoms with Crippen LogP contribution in [0.15, 0.2) is 47.1 Å². The minimum absolute atomic E-state index is 0.180. The zero-order chi connectivity index (χ0) is 16.1. The second kappa shape index (κ2) is 7.75. The summed E-state index contributed by atoms with van der Waals surface area (Å²) in [6.45, 7) is 6.19. The van der Waals surface area contributed by atoms with E-state index < -0.39 is 0 Å². The second-order valence-corrected chi connectivity index (χ2v) is 6.39. The first-order valence-electron chi connectivity index (χ1n) is 8.47. The molecule has 2 aromatic rings. The van der Waals surface area contributed by atoms with Gasteiger partial charge in [-0.3, -0.25) is 4.90 Å². The van der Waals surface area contributed by atoms with Gasteiger partial charge in [0.25, 0.3) is 0 Å². The molecule has 0 saturated carbocycles. The molecule has 1 fully saturated rings. The van der Waals surface area contributed by atoms with Crippen molar-refractivity contribution in [2.24, 2.45) is 0 Å². The fourth-order valence-electron chi connectivity index (χ4n) is 3.29. The van der Waals surface area contributed by atoms with Gasteiger partial charge in [-0.2, -0.15) is 0 Å². The zero-order valence-electron chi connectivity index (χ0n) is 13.7. The maximum Gasteiger partial charge on any atom is 0.123 e. The van der Waals surface area contributed by atoms with Crippen LogP contribution in [-0.4, -0.2) is 31.1 Å². The van der Waals surface area contributed by atoms with Gasteiger partial charge in [0.05, 0.1) is 12.3 Å². The van der Waals surface area contributed by atoms with E-state index in [0.29, 0.717) is 12.0 Å². The van der Waals surface area contributed by atoms with Crippen LogP contribution in [0.1, 0.15) is 43.0 Å². The van der Waals surface area contributed by atoms with E-state index in [2.05, 4.69) is 23.2 Å². The SMILES string of the molecule is C[C@H](CNC[C@@H](c1ccco1)N1CCCC1)c1ccc(F)cc1. The van der Waals surface area contributed by atoms with E-state index in [1.165, 1.54) is 25.0 Å². The third-order valence-electron chi connectivity index (χ3n) is 4.68. The predicted molar refractivity (Wildman–Crippen MR) is 89.9 cm³/mol. The molecule has 2 atom stereocenters. The van der Waals surface area contributed by atoms with Crippen molar-refractivity contribution in [2.75, 3.05) is 26.2 Å². The average molecular weight is 316 g/mol. The van der Waals surface area contributed by atoms with E-state index in [4.69, 9.17) is 4.42 Å². The number of nitrogens with zero attached hydrogens (tertiary/aromatic N) is 1. The fraction of sp³-hybridized carbons (Fsp3) is 0.474. The highest BCUT2D eigenvalue weighted by molar-refractivity contribution is 5.20. The monoisotopic (exact) mass is 316 g/mol. The molecular weight excluding hydrogens is 291 g/mol. The number of benzene rings is 1. The summed E-state index contributed by atoms with van der Waals surface area (Å²) < 4.78 is 18.6. The number of nitrogens with one attached hydrogen (secondary N) is 1. The molecule has 0 unspecified atom stereocenters. The quantitative estimate of drug-likeness (QED) is 0.838. The van der Waals surface area contributed by atoms with Crippen molar-refractivity contribution in [1.29, 1.82) is 0 Å². The number of halogens is 1. The smallest absolute Gasteiger partial charge is 0.123 e. The Morgan fingerprint density at radius 2 is 1.87 bits per heavy atom. The first-order valence-corrected chi connectivity index (χ1v) is 8.47. The third kappa shape index (κ3) is 4.21. The van der Waals surface area contributed by atoms with Crippen LogP contribution < -0.4 is 5.32 Å². The largest absolute Gasteiger partial charge is 0.468 e. The molecule has 1 saturated heterocycles. The van der Waals surface area contributed by atoms with Crippen LogP contribution in [-0.2, 0) is 0 Å². The van der Waals surface area contributed by atoms with Gasteiger partial charge in [-0.05, 0) is 61.7 Å². The van der Waals surface area contributed by atoms with Crippen molar-refractivity contribution in [1.82, 2.24) is 10.2 Å². The molecule has 3 nitrogen and oxygen atoms in total. The average Bonchev–Trinajstić information content (AvgIpc) is 3.26. The van der Waals surface area contributed by atoms with Crippen LogP contribution in [0, 0.1) is 5.82 Å². The first kappa shape index (κ1) is 16.2. The molecule has 1 aliphatic heterocycles. The first-order chi connectivity index (χ1) is 11.2. The van der Waals surface area contributed by atoms with Gasteiger partial charge in [0, 0.05) is 13.1 Å². The van der Waals surface area contributed by atoms with Crippen molar-refractivity contribution in [3.05, 3.63) is 59.8 Å². The van der Waals surface area contributed by atoms with Gasteiger partial charge in [-0.25, -0.2) is 4.39 Å². The van der Waals surface area contributed by atoms with E-state index in [0.717, 1.165) is 37.5 Å². The summed E-state index contributed by atoms with van der Waals surface area (Å²) in [5.74, 6) is 1.21. The molecule has 0 radical (unpaired) electrons. The van der Waals surface area contributed by atoms with Crippen molar-refractivity contribution in [3.8, 4) is 0 Å². The number of hydrogen-bond acceptors (Lipinski definition) is 3. The van der Waals surface area contributed by atoms with Crippen LogP contribution >= 0.6 is 0 Å². The Morgan fingerprint density at radius 3 is 2.52 bits per heavy atom. The normalized spacial score (nSPS) is 18.2. The lowest BCUT2D eigenvalue weighted by Gasteiger charge is -2.26. The molecule has 124 valence electrons. The number of hydrogen-bond donors (Lipinski definition) is 1. The molecule has 1 N–H and O–H groups in total. The van der Waals surface area contributed by atoms with Crippen molar-refractivity contribution in [3.63, 3.8) is 0 Å². The minimum atomic E-state index is -0.180. The van der Waals surface area contributed by atoms with Crippen LogP contribution in [0.5, 0.6) is 0 Å². The second-order valence-electron chi connectivity index (χ2n) is 6.39. The molecule has 0 amide bonds. The minimum Gasteiger partial charge on any atom is -0.468 e. The third-order valence-corrected chi connectivity index (χ3v) is 4.68. The molecule has 0 bridgehead atoms. The Balaban J connectivity index is 1.55. The summed E-state index contributed by atoms with van der Waals surface area (Å²) >= 11 is 0. The Labute approximate surface area is 137 Å². The molecule has 4 heteroatoms. The van der Waals surface area contributed by atoms with E-state index in [1.54, 1.807) is 6.26 Å². The predicted octanol–water partition coefficient (Wildman–Crippen LogP) is 3.95. The summed E-state index contributed by atoms with van der Waals surface area (Å²) in [6, 6.07) is 11.1. The van der Waals surface area contributed by atoms with Gasteiger partial charge in [-0.1, -0.05) is 19.1 Å². The summed E-state index contributed by atoms with van der Waals surface area (Å²) in [4.78, 5) is 2.49. The van der Waals surface area contributed by atoms with Crippen molar-refractivity contribution < 1.29 is 8.81 Å². The van der Waals surface area contributed by atoms with Gasteiger partial charge < -0.3 is 9.73 Å². The number of furan rings is 1. The van der Waals surface area contributed by atoms with Crippen LogP contribution in [0.3, 0.4) is 0 Å². The molecule has 1 aliphatic rings. The lowest BCUT2D eigenvalue weighted by atomic mass is 10.0. The van der Waals surface area contributed by atoms with Gasteiger partial charge in [0.15, 0.2) is 0 Å². The molecule has 3 rings (SSSR count). The maximum atomic E-state index is 13.0. The Morgan fingerprint density at radius 1 is 1.13 bits per heavy atom. The molecule has 2 heterocycles. The molecule has 0 spiro atoms.